The van der Waals surface area contributed by atoms with Crippen molar-refractivity contribution < 1.29 is 18.8 Å². The molecule has 1 heterocycles. The van der Waals surface area contributed by atoms with Crippen LogP contribution in [0.1, 0.15) is 58.4 Å². The van der Waals surface area contributed by atoms with E-state index in [4.69, 9.17) is 0 Å². The molecule has 1 aliphatic heterocycles. The number of rotatable bonds is 9. The Balaban J connectivity index is 0.00000281. The zero-order valence-corrected chi connectivity index (χ0v) is 21.1. The third kappa shape index (κ3) is 8.57. The first kappa shape index (κ1) is 28.7. The molecule has 1 atom stereocenters. The Morgan fingerprint density at radius 1 is 1.24 bits per heavy atom. The van der Waals surface area contributed by atoms with Gasteiger partial charge in [0.2, 0.25) is 5.91 Å². The predicted molar refractivity (Wildman–Crippen MR) is 134 cm³/mol. The van der Waals surface area contributed by atoms with E-state index in [1.165, 1.54) is 17.0 Å². The lowest BCUT2D eigenvalue weighted by Crippen LogP contribution is -2.43. The van der Waals surface area contributed by atoms with Crippen molar-refractivity contribution in [2.24, 2.45) is 4.99 Å². The monoisotopic (exact) mass is 472 g/mol. The Kier molecular flexibility index (Phi) is 12.5. The third-order valence-corrected chi connectivity index (χ3v) is 5.08. The minimum Gasteiger partial charge on any atom is -0.357 e. The topological polar surface area (TPSA) is 82.1 Å². The van der Waals surface area contributed by atoms with Crippen LogP contribution in [0.3, 0.4) is 0 Å². The van der Waals surface area contributed by atoms with E-state index in [1.807, 2.05) is 27.7 Å². The Morgan fingerprint density at radius 3 is 2.44 bits per heavy atom. The van der Waals surface area contributed by atoms with Crippen molar-refractivity contribution in [2.45, 2.75) is 52.9 Å². The van der Waals surface area contributed by atoms with Crippen molar-refractivity contribution >= 4 is 24.3 Å². The van der Waals surface area contributed by atoms with Gasteiger partial charge in [-0.25, -0.2) is 9.38 Å². The molecule has 2 rings (SSSR count). The van der Waals surface area contributed by atoms with Crippen molar-refractivity contribution in [3.05, 3.63) is 58.8 Å². The van der Waals surface area contributed by atoms with Gasteiger partial charge in [-0.1, -0.05) is 39.8 Å². The van der Waals surface area contributed by atoms with Crippen LogP contribution in [-0.4, -0.2) is 61.3 Å². The molecule has 7 nitrogen and oxygen atoms in total. The summed E-state index contributed by atoms with van der Waals surface area (Å²) in [7, 11) is 3.23. The van der Waals surface area contributed by atoms with Crippen LogP contribution < -0.4 is 5.32 Å². The lowest BCUT2D eigenvalue weighted by Gasteiger charge is -2.32. The third-order valence-electron chi connectivity index (χ3n) is 5.08. The van der Waals surface area contributed by atoms with Gasteiger partial charge in [0.05, 0.1) is 6.54 Å². The summed E-state index contributed by atoms with van der Waals surface area (Å²) in [6.45, 7) is 8.32. The molecule has 1 aromatic rings. The van der Waals surface area contributed by atoms with Gasteiger partial charge in [-0.15, -0.1) is 0 Å². The van der Waals surface area contributed by atoms with Gasteiger partial charge in [-0.05, 0) is 43.0 Å². The van der Waals surface area contributed by atoms with Gasteiger partial charge in [-0.2, -0.15) is 0 Å². The van der Waals surface area contributed by atoms with Crippen LogP contribution in [0.5, 0.6) is 0 Å². The number of carbonyl (C=O) groups is 3. The van der Waals surface area contributed by atoms with Crippen molar-refractivity contribution in [2.75, 3.05) is 27.2 Å². The highest BCUT2D eigenvalue weighted by Gasteiger charge is 2.28. The highest BCUT2D eigenvalue weighted by atomic mass is 19.1. The first-order valence-corrected chi connectivity index (χ1v) is 11.7. The Morgan fingerprint density at radius 2 is 1.88 bits per heavy atom. The van der Waals surface area contributed by atoms with Crippen LogP contribution >= 0.6 is 0 Å². The number of hydrogen-bond donors (Lipinski definition) is 1. The van der Waals surface area contributed by atoms with E-state index >= 15 is 0 Å². The molecule has 0 bridgehead atoms. The summed E-state index contributed by atoms with van der Waals surface area (Å²) in [6.07, 6.45) is 6.06. The second-order valence-corrected chi connectivity index (χ2v) is 7.88. The summed E-state index contributed by atoms with van der Waals surface area (Å²) in [5.74, 6) is -0.586. The lowest BCUT2D eigenvalue weighted by atomic mass is 10.0. The minimum absolute atomic E-state index is 0.0592. The molecule has 1 N–H and O–H groups in total. The second-order valence-electron chi connectivity index (χ2n) is 7.88. The van der Waals surface area contributed by atoms with Crippen LogP contribution in [0, 0.1) is 5.82 Å². The number of nitrogens with one attached hydrogen (secondary N) is 1. The number of aldehydes is 1. The zero-order chi connectivity index (χ0) is 25.7. The number of carbonyl (C=O) groups excluding carboxylic acids is 3. The average Bonchev–Trinajstić information content (AvgIpc) is 2.83. The Labute approximate surface area is 202 Å². The fourth-order valence-electron chi connectivity index (χ4n) is 3.38. The first-order chi connectivity index (χ1) is 16.3. The van der Waals surface area contributed by atoms with Gasteiger partial charge in [0.25, 0.3) is 5.91 Å². The van der Waals surface area contributed by atoms with Gasteiger partial charge in [0, 0.05) is 38.3 Å². The maximum absolute atomic E-state index is 13.1. The van der Waals surface area contributed by atoms with Crippen LogP contribution in [0.15, 0.2) is 52.4 Å². The fourth-order valence-corrected chi connectivity index (χ4v) is 3.38. The molecule has 0 radical (unpaired) electrons. The molecular weight excluding hydrogens is 435 g/mol. The minimum atomic E-state index is -0.326. The number of aliphatic imine (C=N–C) groups is 1. The van der Waals surface area contributed by atoms with Crippen LogP contribution in [0.4, 0.5) is 4.39 Å². The van der Waals surface area contributed by atoms with Gasteiger partial charge < -0.3 is 15.1 Å². The average molecular weight is 473 g/mol. The van der Waals surface area contributed by atoms with Crippen molar-refractivity contribution in [3.8, 4) is 0 Å². The number of amides is 2. The van der Waals surface area contributed by atoms with E-state index in [2.05, 4.69) is 10.3 Å². The molecular formula is C26H37FN4O3. The smallest absolute Gasteiger partial charge is 0.270 e. The van der Waals surface area contributed by atoms with E-state index in [1.54, 1.807) is 43.4 Å². The number of allylic oxidation sites excluding steroid dienone is 2. The van der Waals surface area contributed by atoms with E-state index in [9.17, 15) is 18.8 Å². The molecule has 0 saturated carbocycles. The van der Waals surface area contributed by atoms with Crippen LogP contribution in [0.25, 0.3) is 0 Å². The van der Waals surface area contributed by atoms with Gasteiger partial charge in [0.1, 0.15) is 23.6 Å². The largest absolute Gasteiger partial charge is 0.357 e. The van der Waals surface area contributed by atoms with Crippen molar-refractivity contribution in [1.29, 1.82) is 0 Å². The molecule has 1 aliphatic rings. The summed E-state index contributed by atoms with van der Waals surface area (Å²) >= 11 is 0. The number of nitrogens with zero attached hydrogens (tertiary/aromatic N) is 3. The van der Waals surface area contributed by atoms with Crippen molar-refractivity contribution in [3.63, 3.8) is 0 Å². The molecule has 0 saturated heterocycles. The van der Waals surface area contributed by atoms with E-state index in [-0.39, 0.29) is 35.8 Å². The highest BCUT2D eigenvalue weighted by Crippen LogP contribution is 2.22. The van der Waals surface area contributed by atoms with E-state index in [0.717, 1.165) is 5.56 Å². The Hall–Kier alpha value is -3.29. The van der Waals surface area contributed by atoms with Crippen LogP contribution in [-0.2, 0) is 14.4 Å². The molecule has 186 valence electrons. The van der Waals surface area contributed by atoms with E-state index in [0.29, 0.717) is 43.5 Å². The lowest BCUT2D eigenvalue weighted by molar-refractivity contribution is -0.127. The SMILES string of the molecule is CC.CC/C=C(\N=C/C(C)c1ccc(F)cc1)NC(=O)CN1CCCC(C=O)=C1C(=O)N(C)C. The summed E-state index contributed by atoms with van der Waals surface area (Å²) in [5, 5.41) is 2.79. The normalized spacial score (nSPS) is 14.9. The van der Waals surface area contributed by atoms with Gasteiger partial charge in [0.15, 0.2) is 0 Å². The summed E-state index contributed by atoms with van der Waals surface area (Å²) in [4.78, 5) is 44.3. The number of hydrogen-bond acceptors (Lipinski definition) is 5. The quantitative estimate of drug-likeness (QED) is 0.435. The first-order valence-electron chi connectivity index (χ1n) is 11.7. The Bertz CT molecular complexity index is 920. The predicted octanol–water partition coefficient (Wildman–Crippen LogP) is 4.03. The molecule has 1 aromatic carbocycles. The maximum atomic E-state index is 13.1. The number of benzene rings is 1. The molecule has 0 fully saturated rings. The number of likely N-dealkylation sites (N-methyl/N-ethyl adjacent to an activating group) is 1. The van der Waals surface area contributed by atoms with E-state index < -0.39 is 0 Å². The van der Waals surface area contributed by atoms with Crippen molar-refractivity contribution in [1.82, 2.24) is 15.1 Å². The van der Waals surface area contributed by atoms with Gasteiger partial charge >= 0.3 is 0 Å². The molecule has 34 heavy (non-hydrogen) atoms. The summed E-state index contributed by atoms with van der Waals surface area (Å²) in [5.41, 5.74) is 1.60. The maximum Gasteiger partial charge on any atom is 0.270 e. The van der Waals surface area contributed by atoms with Crippen LogP contribution in [0.2, 0.25) is 0 Å². The molecule has 0 spiro atoms. The standard InChI is InChI=1S/C24H31FN4O3.C2H6/c1-5-7-21(26-14-17(2)18-9-11-20(25)12-10-18)27-22(31)15-29-13-6-8-19(16-30)23(29)24(32)28(3)4;1-2/h7,9-12,14,16-17H,5-6,8,13,15H2,1-4H3,(H,27,31);1-2H3/b21-7+,26-14-;. The molecule has 2 amide bonds. The highest BCUT2D eigenvalue weighted by molar-refractivity contribution is 5.99. The van der Waals surface area contributed by atoms with Gasteiger partial charge in [-0.3, -0.25) is 14.4 Å². The molecule has 0 aromatic heterocycles. The molecule has 0 aliphatic carbocycles. The molecule has 8 heteroatoms. The molecule has 1 unspecified atom stereocenters. The second kappa shape index (κ2) is 14.8. The fraction of sp³-hybridized carbons (Fsp3) is 0.462. The zero-order valence-electron chi connectivity index (χ0n) is 21.1. The summed E-state index contributed by atoms with van der Waals surface area (Å²) in [6, 6.07) is 6.20. The summed E-state index contributed by atoms with van der Waals surface area (Å²) < 4.78 is 13.1. The number of halogens is 1.